The molecule has 1 saturated heterocycles. The van der Waals surface area contributed by atoms with E-state index in [4.69, 9.17) is 11.6 Å². The topological polar surface area (TPSA) is 45.2 Å². The quantitative estimate of drug-likeness (QED) is 0.824. The normalized spacial score (nSPS) is 16.1. The van der Waals surface area contributed by atoms with E-state index in [9.17, 15) is 13.2 Å². The van der Waals surface area contributed by atoms with Crippen LogP contribution in [0.1, 0.15) is 18.5 Å². The minimum absolute atomic E-state index is 0.145. The van der Waals surface area contributed by atoms with Crippen LogP contribution in [0, 0.1) is 0 Å². The van der Waals surface area contributed by atoms with Crippen LogP contribution in [0.2, 0.25) is 5.02 Å². The molecule has 3 heterocycles. The Morgan fingerprint density at radius 1 is 1.16 bits per heavy atom. The van der Waals surface area contributed by atoms with E-state index in [1.165, 1.54) is 6.20 Å². The molecule has 0 amide bonds. The monoisotopic (exact) mass is 371 g/mol. The summed E-state index contributed by atoms with van der Waals surface area (Å²) in [6.07, 6.45) is 1.46. The summed E-state index contributed by atoms with van der Waals surface area (Å²) < 4.78 is 38.5. The second-order valence-electron chi connectivity index (χ2n) is 5.93. The van der Waals surface area contributed by atoms with Gasteiger partial charge in [0.05, 0.1) is 17.4 Å². The minimum atomic E-state index is -4.44. The SMILES string of the molecule is CN(c1ccnc(C(F)(F)F)c1)C1CCN(c2ncc(Cl)cn2)CC1. The first-order valence-electron chi connectivity index (χ1n) is 7.83. The maximum absolute atomic E-state index is 12.8. The Labute approximate surface area is 148 Å². The summed E-state index contributed by atoms with van der Waals surface area (Å²) in [5.74, 6) is 0.619. The first-order valence-corrected chi connectivity index (χ1v) is 8.21. The van der Waals surface area contributed by atoms with Crippen LogP contribution in [0.5, 0.6) is 0 Å². The van der Waals surface area contributed by atoms with E-state index in [1.54, 1.807) is 18.5 Å². The van der Waals surface area contributed by atoms with Crippen LogP contribution in [0.3, 0.4) is 0 Å². The van der Waals surface area contributed by atoms with E-state index in [2.05, 4.69) is 15.0 Å². The molecule has 0 bridgehead atoms. The molecule has 0 radical (unpaired) electrons. The van der Waals surface area contributed by atoms with Crippen LogP contribution in [0.15, 0.2) is 30.7 Å². The van der Waals surface area contributed by atoms with Crippen molar-refractivity contribution in [3.8, 4) is 0 Å². The zero-order chi connectivity index (χ0) is 18.0. The molecule has 0 N–H and O–H groups in total. The highest BCUT2D eigenvalue weighted by atomic mass is 35.5. The second kappa shape index (κ2) is 7.03. The summed E-state index contributed by atoms with van der Waals surface area (Å²) in [6, 6.07) is 2.84. The number of rotatable bonds is 3. The summed E-state index contributed by atoms with van der Waals surface area (Å²) in [4.78, 5) is 15.8. The molecular weight excluding hydrogens is 355 g/mol. The second-order valence-corrected chi connectivity index (χ2v) is 6.36. The Morgan fingerprint density at radius 2 is 1.80 bits per heavy atom. The van der Waals surface area contributed by atoms with Gasteiger partial charge in [0.2, 0.25) is 5.95 Å². The number of halogens is 4. The van der Waals surface area contributed by atoms with Gasteiger partial charge in [-0.15, -0.1) is 0 Å². The molecule has 2 aromatic heterocycles. The number of anilines is 2. The van der Waals surface area contributed by atoms with Gasteiger partial charge in [0, 0.05) is 38.1 Å². The zero-order valence-electron chi connectivity index (χ0n) is 13.5. The molecule has 1 aliphatic heterocycles. The third kappa shape index (κ3) is 4.12. The van der Waals surface area contributed by atoms with Crippen molar-refractivity contribution in [3.05, 3.63) is 41.4 Å². The lowest BCUT2D eigenvalue weighted by molar-refractivity contribution is -0.141. The van der Waals surface area contributed by atoms with E-state index in [0.717, 1.165) is 32.0 Å². The lowest BCUT2D eigenvalue weighted by Gasteiger charge is -2.37. The predicted octanol–water partition coefficient (Wildman–Crippen LogP) is 3.65. The molecule has 0 spiro atoms. The molecule has 0 atom stereocenters. The van der Waals surface area contributed by atoms with Gasteiger partial charge in [-0.05, 0) is 25.0 Å². The third-order valence-corrected chi connectivity index (χ3v) is 4.54. The van der Waals surface area contributed by atoms with Crippen LogP contribution in [-0.4, -0.2) is 41.1 Å². The molecule has 3 rings (SSSR count). The van der Waals surface area contributed by atoms with Gasteiger partial charge in [0.1, 0.15) is 5.69 Å². The van der Waals surface area contributed by atoms with Crippen molar-refractivity contribution < 1.29 is 13.2 Å². The fourth-order valence-electron chi connectivity index (χ4n) is 2.93. The number of aromatic nitrogens is 3. The van der Waals surface area contributed by atoms with Gasteiger partial charge < -0.3 is 9.80 Å². The highest BCUT2D eigenvalue weighted by molar-refractivity contribution is 6.30. The molecule has 5 nitrogen and oxygen atoms in total. The van der Waals surface area contributed by atoms with Crippen LogP contribution in [0.4, 0.5) is 24.8 Å². The van der Waals surface area contributed by atoms with Crippen LogP contribution >= 0.6 is 11.6 Å². The zero-order valence-corrected chi connectivity index (χ0v) is 14.3. The van der Waals surface area contributed by atoms with Gasteiger partial charge in [-0.25, -0.2) is 9.97 Å². The van der Waals surface area contributed by atoms with Crippen molar-refractivity contribution >= 4 is 23.2 Å². The number of hydrogen-bond donors (Lipinski definition) is 0. The largest absolute Gasteiger partial charge is 0.433 e. The molecule has 1 aliphatic rings. The van der Waals surface area contributed by atoms with Gasteiger partial charge in [-0.1, -0.05) is 11.6 Å². The number of nitrogens with zero attached hydrogens (tertiary/aromatic N) is 5. The van der Waals surface area contributed by atoms with E-state index >= 15 is 0 Å². The molecule has 134 valence electrons. The fourth-order valence-corrected chi connectivity index (χ4v) is 3.02. The van der Waals surface area contributed by atoms with Gasteiger partial charge >= 0.3 is 6.18 Å². The Bertz CT molecular complexity index is 714. The smallest absolute Gasteiger partial charge is 0.371 e. The molecule has 0 aromatic carbocycles. The summed E-state index contributed by atoms with van der Waals surface area (Å²) in [6.45, 7) is 1.46. The van der Waals surface area contributed by atoms with Crippen LogP contribution in [0.25, 0.3) is 0 Å². The Hall–Kier alpha value is -2.09. The minimum Gasteiger partial charge on any atom is -0.371 e. The van der Waals surface area contributed by atoms with Crippen LogP contribution in [-0.2, 0) is 6.18 Å². The van der Waals surface area contributed by atoms with Crippen molar-refractivity contribution in [2.24, 2.45) is 0 Å². The molecule has 25 heavy (non-hydrogen) atoms. The lowest BCUT2D eigenvalue weighted by atomic mass is 10.0. The maximum atomic E-state index is 12.8. The number of alkyl halides is 3. The molecule has 1 fully saturated rings. The average molecular weight is 372 g/mol. The van der Waals surface area contributed by atoms with Crippen molar-refractivity contribution in [2.75, 3.05) is 29.9 Å². The summed E-state index contributed by atoms with van der Waals surface area (Å²) in [7, 11) is 1.81. The molecule has 0 unspecified atom stereocenters. The van der Waals surface area contributed by atoms with E-state index in [0.29, 0.717) is 16.7 Å². The Kier molecular flexibility index (Phi) is 4.99. The van der Waals surface area contributed by atoms with Gasteiger partial charge in [-0.2, -0.15) is 13.2 Å². The summed E-state index contributed by atoms with van der Waals surface area (Å²) in [5.41, 5.74) is -0.354. The standard InChI is InChI=1S/C16H17ClF3N5/c1-24(13-2-5-21-14(8-13)16(18,19)20)12-3-6-25(7-4-12)15-22-9-11(17)10-23-15/h2,5,8-10,12H,3-4,6-7H2,1H3. The number of pyridine rings is 1. The molecule has 0 aliphatic carbocycles. The maximum Gasteiger partial charge on any atom is 0.433 e. The molecule has 0 saturated carbocycles. The first-order chi connectivity index (χ1) is 11.8. The van der Waals surface area contributed by atoms with Crippen molar-refractivity contribution in [3.63, 3.8) is 0 Å². The third-order valence-electron chi connectivity index (χ3n) is 4.34. The van der Waals surface area contributed by atoms with Crippen molar-refractivity contribution in [2.45, 2.75) is 25.1 Å². The van der Waals surface area contributed by atoms with E-state index in [1.807, 2.05) is 16.8 Å². The van der Waals surface area contributed by atoms with E-state index in [-0.39, 0.29) is 6.04 Å². The first kappa shape index (κ1) is 17.7. The molecule has 9 heteroatoms. The molecule has 2 aromatic rings. The molecular formula is C16H17ClF3N5. The predicted molar refractivity (Wildman–Crippen MR) is 89.9 cm³/mol. The highest BCUT2D eigenvalue weighted by Crippen LogP contribution is 2.31. The van der Waals surface area contributed by atoms with Crippen molar-refractivity contribution in [1.29, 1.82) is 0 Å². The van der Waals surface area contributed by atoms with Gasteiger partial charge in [0.25, 0.3) is 0 Å². The highest BCUT2D eigenvalue weighted by Gasteiger charge is 2.33. The number of hydrogen-bond acceptors (Lipinski definition) is 5. The van der Waals surface area contributed by atoms with Crippen LogP contribution < -0.4 is 9.80 Å². The van der Waals surface area contributed by atoms with Gasteiger partial charge in [0.15, 0.2) is 0 Å². The fraction of sp³-hybridized carbons (Fsp3) is 0.438. The van der Waals surface area contributed by atoms with E-state index < -0.39 is 11.9 Å². The van der Waals surface area contributed by atoms with Crippen molar-refractivity contribution in [1.82, 2.24) is 15.0 Å². The Balaban J connectivity index is 1.65. The summed E-state index contributed by atoms with van der Waals surface area (Å²) in [5, 5.41) is 0.483. The summed E-state index contributed by atoms with van der Waals surface area (Å²) >= 11 is 5.79. The Morgan fingerprint density at radius 3 is 2.40 bits per heavy atom. The number of piperidine rings is 1. The van der Waals surface area contributed by atoms with Gasteiger partial charge in [-0.3, -0.25) is 4.98 Å². The lowest BCUT2D eigenvalue weighted by Crippen LogP contribution is -2.44. The average Bonchev–Trinajstić information content (AvgIpc) is 2.61.